The number of anilines is 2. The van der Waals surface area contributed by atoms with Crippen LogP contribution in [-0.4, -0.2) is 11.8 Å². The van der Waals surface area contributed by atoms with Gasteiger partial charge in [0, 0.05) is 16.8 Å². The van der Waals surface area contributed by atoms with Gasteiger partial charge in [0.25, 0.3) is 0 Å². The van der Waals surface area contributed by atoms with Crippen molar-refractivity contribution in [2.75, 3.05) is 10.6 Å². The predicted molar refractivity (Wildman–Crippen MR) is 79.8 cm³/mol. The van der Waals surface area contributed by atoms with E-state index in [9.17, 15) is 18.4 Å². The Labute approximate surface area is 130 Å². The third-order valence-electron chi connectivity index (χ3n) is 2.82. The van der Waals surface area contributed by atoms with Crippen molar-refractivity contribution >= 4 is 34.8 Å². The van der Waals surface area contributed by atoms with Gasteiger partial charge in [0.15, 0.2) is 0 Å². The molecule has 2 aromatic rings. The lowest BCUT2D eigenvalue weighted by atomic mass is 10.2. The van der Waals surface area contributed by atoms with E-state index in [1.807, 2.05) is 0 Å². The van der Waals surface area contributed by atoms with Gasteiger partial charge in [-0.3, -0.25) is 9.59 Å². The van der Waals surface area contributed by atoms with E-state index in [0.717, 1.165) is 12.1 Å². The molecule has 0 fully saturated rings. The van der Waals surface area contributed by atoms with Crippen molar-refractivity contribution in [1.29, 1.82) is 0 Å². The monoisotopic (exact) mass is 324 g/mol. The third-order valence-corrected chi connectivity index (χ3v) is 3.06. The van der Waals surface area contributed by atoms with Crippen molar-refractivity contribution in [2.24, 2.45) is 0 Å². The minimum Gasteiger partial charge on any atom is -0.318 e. The van der Waals surface area contributed by atoms with Gasteiger partial charge in [-0.1, -0.05) is 11.6 Å². The minimum absolute atomic E-state index is 0.283. The summed E-state index contributed by atoms with van der Waals surface area (Å²) in [7, 11) is 0. The Morgan fingerprint density at radius 2 is 1.55 bits per heavy atom. The molecule has 0 saturated heterocycles. The molecule has 0 heterocycles. The Morgan fingerprint density at radius 1 is 0.955 bits per heavy atom. The SMILES string of the molecule is Cc1cc(Cl)ccc1NC(=O)C(=O)Nc1ccc(F)cc1F. The lowest BCUT2D eigenvalue weighted by Gasteiger charge is -2.09. The molecule has 2 N–H and O–H groups in total. The maximum absolute atomic E-state index is 13.4. The van der Waals surface area contributed by atoms with Crippen LogP contribution in [0.1, 0.15) is 5.56 Å². The van der Waals surface area contributed by atoms with Crippen LogP contribution >= 0.6 is 11.6 Å². The number of aryl methyl sites for hydroxylation is 1. The van der Waals surface area contributed by atoms with Crippen molar-refractivity contribution in [3.8, 4) is 0 Å². The molecular formula is C15H11ClF2N2O2. The smallest absolute Gasteiger partial charge is 0.314 e. The number of benzene rings is 2. The molecule has 0 aromatic heterocycles. The van der Waals surface area contributed by atoms with E-state index >= 15 is 0 Å². The number of carbonyl (C=O) groups is 2. The van der Waals surface area contributed by atoms with Crippen molar-refractivity contribution < 1.29 is 18.4 Å². The summed E-state index contributed by atoms with van der Waals surface area (Å²) in [4.78, 5) is 23.5. The van der Waals surface area contributed by atoms with Crippen molar-refractivity contribution in [3.63, 3.8) is 0 Å². The fourth-order valence-corrected chi connectivity index (χ4v) is 1.94. The molecule has 22 heavy (non-hydrogen) atoms. The summed E-state index contributed by atoms with van der Waals surface area (Å²) in [5.41, 5.74) is 0.792. The molecule has 0 unspecified atom stereocenters. The fraction of sp³-hybridized carbons (Fsp3) is 0.0667. The second-order valence-corrected chi connectivity index (χ2v) is 4.93. The molecule has 0 atom stereocenters. The van der Waals surface area contributed by atoms with Crippen LogP contribution in [0, 0.1) is 18.6 Å². The van der Waals surface area contributed by atoms with E-state index < -0.39 is 23.4 Å². The van der Waals surface area contributed by atoms with E-state index in [1.165, 1.54) is 0 Å². The molecule has 0 aliphatic carbocycles. The number of hydrogen-bond acceptors (Lipinski definition) is 2. The van der Waals surface area contributed by atoms with Crippen LogP contribution in [0.15, 0.2) is 36.4 Å². The van der Waals surface area contributed by atoms with Gasteiger partial charge >= 0.3 is 11.8 Å². The summed E-state index contributed by atoms with van der Waals surface area (Å²) < 4.78 is 26.2. The van der Waals surface area contributed by atoms with Crippen molar-refractivity contribution in [1.82, 2.24) is 0 Å². The maximum Gasteiger partial charge on any atom is 0.314 e. The number of nitrogens with one attached hydrogen (secondary N) is 2. The molecule has 0 spiro atoms. The molecule has 0 aliphatic heterocycles. The molecule has 2 rings (SSSR count). The summed E-state index contributed by atoms with van der Waals surface area (Å²) in [5.74, 6) is -3.80. The lowest BCUT2D eigenvalue weighted by molar-refractivity contribution is -0.133. The van der Waals surface area contributed by atoms with Crippen LogP contribution in [0.2, 0.25) is 5.02 Å². The van der Waals surface area contributed by atoms with Crippen LogP contribution in [0.25, 0.3) is 0 Å². The summed E-state index contributed by atoms with van der Waals surface area (Å²) in [6, 6.07) is 7.33. The standard InChI is InChI=1S/C15H11ClF2N2O2/c1-8-6-9(16)2-4-12(8)19-14(21)15(22)20-13-5-3-10(17)7-11(13)18/h2-7H,1H3,(H,19,21)(H,20,22). The van der Waals surface area contributed by atoms with Crippen LogP contribution in [0.4, 0.5) is 20.2 Å². The van der Waals surface area contributed by atoms with Gasteiger partial charge in [0.2, 0.25) is 0 Å². The molecule has 0 saturated carbocycles. The second kappa shape index (κ2) is 6.53. The zero-order valence-electron chi connectivity index (χ0n) is 11.4. The van der Waals surface area contributed by atoms with Crippen LogP contribution < -0.4 is 10.6 Å². The number of rotatable bonds is 2. The molecule has 7 heteroatoms. The Bertz CT molecular complexity index is 687. The lowest BCUT2D eigenvalue weighted by Crippen LogP contribution is -2.29. The van der Waals surface area contributed by atoms with Crippen LogP contribution in [-0.2, 0) is 9.59 Å². The first-order valence-corrected chi connectivity index (χ1v) is 6.58. The van der Waals surface area contributed by atoms with Crippen molar-refractivity contribution in [2.45, 2.75) is 6.92 Å². The summed E-state index contributed by atoms with van der Waals surface area (Å²) in [5, 5.41) is 4.95. The topological polar surface area (TPSA) is 58.2 Å². The van der Waals surface area contributed by atoms with Gasteiger partial charge < -0.3 is 10.6 Å². The molecular weight excluding hydrogens is 314 g/mol. The Kier molecular flexibility index (Phi) is 4.72. The quantitative estimate of drug-likeness (QED) is 0.831. The van der Waals surface area contributed by atoms with Gasteiger partial charge in [-0.05, 0) is 42.8 Å². The van der Waals surface area contributed by atoms with E-state index in [2.05, 4.69) is 10.6 Å². The fourth-order valence-electron chi connectivity index (χ4n) is 1.72. The molecule has 0 radical (unpaired) electrons. The average Bonchev–Trinajstić information content (AvgIpc) is 2.44. The molecule has 4 nitrogen and oxygen atoms in total. The second-order valence-electron chi connectivity index (χ2n) is 4.49. The Morgan fingerprint density at radius 3 is 2.14 bits per heavy atom. The number of halogens is 3. The largest absolute Gasteiger partial charge is 0.318 e. The highest BCUT2D eigenvalue weighted by Gasteiger charge is 2.17. The number of hydrogen-bond donors (Lipinski definition) is 2. The molecule has 2 aromatic carbocycles. The first-order valence-electron chi connectivity index (χ1n) is 6.20. The van der Waals surface area contributed by atoms with Crippen LogP contribution in [0.5, 0.6) is 0 Å². The third kappa shape index (κ3) is 3.79. The molecule has 114 valence electrons. The van der Waals surface area contributed by atoms with Gasteiger partial charge in [0.05, 0.1) is 5.69 Å². The van der Waals surface area contributed by atoms with E-state index in [-0.39, 0.29) is 5.69 Å². The minimum atomic E-state index is -1.07. The normalized spacial score (nSPS) is 10.2. The maximum atomic E-state index is 13.4. The first-order chi connectivity index (χ1) is 10.4. The Balaban J connectivity index is 2.07. The van der Waals surface area contributed by atoms with Gasteiger partial charge in [-0.15, -0.1) is 0 Å². The summed E-state index contributed by atoms with van der Waals surface area (Å²) in [6.45, 7) is 1.71. The highest BCUT2D eigenvalue weighted by atomic mass is 35.5. The van der Waals surface area contributed by atoms with Gasteiger partial charge in [-0.25, -0.2) is 8.78 Å². The first kappa shape index (κ1) is 15.9. The Hall–Kier alpha value is -2.47. The predicted octanol–water partition coefficient (Wildman–Crippen LogP) is 3.50. The number of amides is 2. The van der Waals surface area contributed by atoms with Gasteiger partial charge in [-0.2, -0.15) is 0 Å². The average molecular weight is 325 g/mol. The zero-order chi connectivity index (χ0) is 16.3. The van der Waals surface area contributed by atoms with Crippen molar-refractivity contribution in [3.05, 3.63) is 58.6 Å². The van der Waals surface area contributed by atoms with E-state index in [1.54, 1.807) is 25.1 Å². The number of carbonyl (C=O) groups excluding carboxylic acids is 2. The van der Waals surface area contributed by atoms with Gasteiger partial charge in [0.1, 0.15) is 11.6 Å². The molecule has 0 bridgehead atoms. The summed E-state index contributed by atoms with van der Waals surface area (Å²) >= 11 is 5.79. The van der Waals surface area contributed by atoms with E-state index in [0.29, 0.717) is 22.3 Å². The zero-order valence-corrected chi connectivity index (χ0v) is 12.2. The highest BCUT2D eigenvalue weighted by Crippen LogP contribution is 2.20. The highest BCUT2D eigenvalue weighted by molar-refractivity contribution is 6.43. The molecule has 2 amide bonds. The molecule has 0 aliphatic rings. The summed E-state index contributed by atoms with van der Waals surface area (Å²) in [6.07, 6.45) is 0. The van der Waals surface area contributed by atoms with E-state index in [4.69, 9.17) is 11.6 Å². The van der Waals surface area contributed by atoms with Crippen LogP contribution in [0.3, 0.4) is 0 Å².